The van der Waals surface area contributed by atoms with E-state index in [1.54, 1.807) is 0 Å². The van der Waals surface area contributed by atoms with Crippen molar-refractivity contribution in [2.45, 2.75) is 0 Å². The number of furan rings is 1. The molecule has 0 unspecified atom stereocenters. The van der Waals surface area contributed by atoms with Crippen LogP contribution in [0.2, 0.25) is 0 Å². The Morgan fingerprint density at radius 1 is 0.440 bits per heavy atom. The number of thiophene rings is 2. The Bertz CT molecular complexity index is 3130. The smallest absolute Gasteiger partial charge is 0.143 e. The van der Waals surface area contributed by atoms with E-state index in [1.807, 2.05) is 22.7 Å². The molecule has 0 fully saturated rings. The Morgan fingerprint density at radius 2 is 1.12 bits per heavy atom. The summed E-state index contributed by atoms with van der Waals surface area (Å²) in [5.74, 6) is 0. The zero-order chi connectivity index (χ0) is 32.8. The van der Waals surface area contributed by atoms with E-state index in [9.17, 15) is 0 Å². The lowest BCUT2D eigenvalue weighted by molar-refractivity contribution is 0.672. The molecule has 3 heterocycles. The van der Waals surface area contributed by atoms with Crippen LogP contribution in [-0.2, 0) is 0 Å². The van der Waals surface area contributed by atoms with E-state index in [0.29, 0.717) is 0 Å². The molecule has 8 aromatic carbocycles. The largest absolute Gasteiger partial charge is 0.455 e. The molecule has 50 heavy (non-hydrogen) atoms. The second kappa shape index (κ2) is 10.8. The molecule has 0 N–H and O–H groups in total. The normalized spacial score (nSPS) is 12.0. The summed E-state index contributed by atoms with van der Waals surface area (Å²) in [5.41, 5.74) is 7.57. The Balaban J connectivity index is 1.18. The average molecular weight is 674 g/mol. The molecule has 0 saturated carbocycles. The third-order valence-electron chi connectivity index (χ3n) is 10.0. The highest BCUT2D eigenvalue weighted by atomic mass is 32.1. The average Bonchev–Trinajstić information content (AvgIpc) is 3.86. The Hall–Kier alpha value is -5.94. The van der Waals surface area contributed by atoms with Crippen LogP contribution in [0.1, 0.15) is 0 Å². The van der Waals surface area contributed by atoms with Crippen LogP contribution < -0.4 is 4.90 Å². The maximum atomic E-state index is 6.69. The fourth-order valence-corrected chi connectivity index (χ4v) is 10.2. The van der Waals surface area contributed by atoms with E-state index >= 15 is 0 Å². The molecule has 234 valence electrons. The van der Waals surface area contributed by atoms with Gasteiger partial charge in [-0.25, -0.2) is 0 Å². The van der Waals surface area contributed by atoms with Gasteiger partial charge in [-0.1, -0.05) is 109 Å². The third kappa shape index (κ3) is 4.13. The van der Waals surface area contributed by atoms with E-state index in [1.165, 1.54) is 56.9 Å². The molecule has 0 spiro atoms. The zero-order valence-corrected chi connectivity index (χ0v) is 28.4. The van der Waals surface area contributed by atoms with Crippen molar-refractivity contribution in [3.8, 4) is 11.1 Å². The minimum atomic E-state index is 0.882. The maximum absolute atomic E-state index is 6.69. The van der Waals surface area contributed by atoms with Crippen LogP contribution >= 0.6 is 22.7 Å². The van der Waals surface area contributed by atoms with Crippen LogP contribution in [0, 0.1) is 0 Å². The molecule has 0 aliphatic rings. The van der Waals surface area contributed by atoms with Crippen molar-refractivity contribution >= 4 is 113 Å². The van der Waals surface area contributed by atoms with Crippen molar-refractivity contribution in [3.63, 3.8) is 0 Å². The summed E-state index contributed by atoms with van der Waals surface area (Å²) in [6.45, 7) is 0. The summed E-state index contributed by atoms with van der Waals surface area (Å²) in [6.07, 6.45) is 0. The molecule has 2 nitrogen and oxygen atoms in total. The third-order valence-corrected chi connectivity index (χ3v) is 12.4. The fourth-order valence-electron chi connectivity index (χ4n) is 7.79. The van der Waals surface area contributed by atoms with Gasteiger partial charge in [0.05, 0.1) is 11.1 Å². The number of anilines is 3. The minimum absolute atomic E-state index is 0.882. The molecule has 0 aliphatic heterocycles. The first-order valence-electron chi connectivity index (χ1n) is 16.8. The molecular formula is C46H27NOS2. The van der Waals surface area contributed by atoms with Crippen molar-refractivity contribution < 1.29 is 4.42 Å². The monoisotopic (exact) mass is 673 g/mol. The van der Waals surface area contributed by atoms with Gasteiger partial charge in [0.2, 0.25) is 0 Å². The highest BCUT2D eigenvalue weighted by Gasteiger charge is 2.22. The van der Waals surface area contributed by atoms with Crippen molar-refractivity contribution in [2.24, 2.45) is 0 Å². The van der Waals surface area contributed by atoms with Gasteiger partial charge in [-0.05, 0) is 71.1 Å². The molecule has 3 aromatic heterocycles. The first-order chi connectivity index (χ1) is 24.8. The summed E-state index contributed by atoms with van der Waals surface area (Å²) >= 11 is 3.73. The fraction of sp³-hybridized carbons (Fsp3) is 0. The Labute approximate surface area is 295 Å². The molecule has 0 aliphatic carbocycles. The summed E-state index contributed by atoms with van der Waals surface area (Å²) in [5, 5.41) is 9.75. The zero-order valence-electron chi connectivity index (χ0n) is 26.8. The lowest BCUT2D eigenvalue weighted by atomic mass is 10.0. The lowest BCUT2D eigenvalue weighted by Crippen LogP contribution is -2.10. The van der Waals surface area contributed by atoms with Gasteiger partial charge in [-0.2, -0.15) is 0 Å². The molecule has 0 radical (unpaired) electrons. The van der Waals surface area contributed by atoms with Crippen LogP contribution in [-0.4, -0.2) is 0 Å². The molecule has 0 saturated heterocycles. The van der Waals surface area contributed by atoms with Gasteiger partial charge in [0.15, 0.2) is 0 Å². The van der Waals surface area contributed by atoms with Crippen LogP contribution in [0.3, 0.4) is 0 Å². The number of hydrogen-bond donors (Lipinski definition) is 0. The molecule has 11 aromatic rings. The number of fused-ring (bicyclic) bond motifs is 11. The quantitative estimate of drug-likeness (QED) is 0.185. The number of rotatable bonds is 4. The van der Waals surface area contributed by atoms with E-state index in [0.717, 1.165) is 44.4 Å². The first kappa shape index (κ1) is 28.0. The molecule has 0 bridgehead atoms. The van der Waals surface area contributed by atoms with E-state index in [4.69, 9.17) is 4.42 Å². The van der Waals surface area contributed by atoms with Gasteiger partial charge in [0.25, 0.3) is 0 Å². The van der Waals surface area contributed by atoms with Gasteiger partial charge in [-0.15, -0.1) is 22.7 Å². The van der Waals surface area contributed by atoms with E-state index < -0.39 is 0 Å². The van der Waals surface area contributed by atoms with Crippen LogP contribution in [0.4, 0.5) is 17.1 Å². The standard InChI is InChI=1S/C46H27NOS2/c1-2-13-32-28(10-1)22-24-38-44-39(18-9-19-40(44)48-45(32)38)47(31-23-25-36-34-14-3-5-20-41(34)49-43(36)27-31)30-12-7-11-29(26-30)33-16-8-17-37-35-15-4-6-21-42(35)50-46(33)37/h1-27H. The van der Waals surface area contributed by atoms with Crippen molar-refractivity contribution in [1.29, 1.82) is 0 Å². The van der Waals surface area contributed by atoms with Crippen LogP contribution in [0.15, 0.2) is 168 Å². The lowest BCUT2D eigenvalue weighted by Gasteiger charge is -2.27. The topological polar surface area (TPSA) is 16.4 Å². The molecule has 4 heteroatoms. The van der Waals surface area contributed by atoms with Crippen molar-refractivity contribution in [3.05, 3.63) is 164 Å². The van der Waals surface area contributed by atoms with Crippen LogP contribution in [0.5, 0.6) is 0 Å². The summed E-state index contributed by atoms with van der Waals surface area (Å²) in [4.78, 5) is 2.42. The van der Waals surface area contributed by atoms with Gasteiger partial charge in [-0.3, -0.25) is 0 Å². The Kier molecular flexibility index (Phi) is 6.03. The second-order valence-corrected chi connectivity index (χ2v) is 15.0. The summed E-state index contributed by atoms with van der Waals surface area (Å²) in [6, 6.07) is 59.5. The van der Waals surface area contributed by atoms with Gasteiger partial charge >= 0.3 is 0 Å². The van der Waals surface area contributed by atoms with Gasteiger partial charge in [0.1, 0.15) is 11.2 Å². The highest BCUT2D eigenvalue weighted by Crippen LogP contribution is 2.47. The molecule has 11 rings (SSSR count). The summed E-state index contributed by atoms with van der Waals surface area (Å²) < 4.78 is 11.9. The first-order valence-corrected chi connectivity index (χ1v) is 18.5. The maximum Gasteiger partial charge on any atom is 0.143 e. The van der Waals surface area contributed by atoms with Crippen molar-refractivity contribution in [2.75, 3.05) is 4.90 Å². The van der Waals surface area contributed by atoms with Crippen molar-refractivity contribution in [1.82, 2.24) is 0 Å². The number of nitrogens with zero attached hydrogens (tertiary/aromatic N) is 1. The van der Waals surface area contributed by atoms with E-state index in [-0.39, 0.29) is 0 Å². The highest BCUT2D eigenvalue weighted by molar-refractivity contribution is 7.26. The summed E-state index contributed by atoms with van der Waals surface area (Å²) in [7, 11) is 0. The second-order valence-electron chi connectivity index (χ2n) is 12.9. The van der Waals surface area contributed by atoms with Crippen LogP contribution in [0.25, 0.3) is 84.2 Å². The minimum Gasteiger partial charge on any atom is -0.455 e. The number of hydrogen-bond acceptors (Lipinski definition) is 4. The Morgan fingerprint density at radius 3 is 2.02 bits per heavy atom. The number of benzene rings is 8. The SMILES string of the molecule is c1cc(-c2cccc3c2sc2ccccc23)cc(N(c2ccc3c(c2)sc2ccccc23)c2cccc3oc4c5ccccc5ccc4c23)c1. The molecule has 0 amide bonds. The molecule has 0 atom stereocenters. The van der Waals surface area contributed by atoms with E-state index in [2.05, 4.69) is 169 Å². The predicted molar refractivity (Wildman–Crippen MR) is 217 cm³/mol. The van der Waals surface area contributed by atoms with Gasteiger partial charge in [0, 0.05) is 62.5 Å². The molecular weight excluding hydrogens is 647 g/mol. The van der Waals surface area contributed by atoms with Gasteiger partial charge < -0.3 is 9.32 Å². The predicted octanol–water partition coefficient (Wildman–Crippen LogP) is 14.6.